The number of benzene rings is 2. The molecule has 3 rings (SSSR count). The van der Waals surface area contributed by atoms with Crippen LogP contribution in [0.5, 0.6) is 0 Å². The van der Waals surface area contributed by atoms with Crippen molar-refractivity contribution in [2.45, 2.75) is 18.4 Å². The molecule has 0 aliphatic carbocycles. The molecule has 0 saturated heterocycles. The molecule has 1 amide bonds. The molecule has 0 fully saturated rings. The predicted molar refractivity (Wildman–Crippen MR) is 113 cm³/mol. The average Bonchev–Trinajstić information content (AvgIpc) is 2.74. The topological polar surface area (TPSA) is 45.2 Å². The van der Waals surface area contributed by atoms with Crippen molar-refractivity contribution < 1.29 is 9.18 Å². The first kappa shape index (κ1) is 20.7. The van der Waals surface area contributed by atoms with Gasteiger partial charge < -0.3 is 10.2 Å². The minimum absolute atomic E-state index is 0.0624. The summed E-state index contributed by atoms with van der Waals surface area (Å²) >= 11 is 0. The first-order valence-corrected chi connectivity index (χ1v) is 9.68. The summed E-state index contributed by atoms with van der Waals surface area (Å²) in [6.07, 6.45) is 3.97. The monoisotopic (exact) mass is 391 g/mol. The number of aromatic nitrogens is 1. The van der Waals surface area contributed by atoms with E-state index in [-0.39, 0.29) is 17.8 Å². The van der Waals surface area contributed by atoms with E-state index in [9.17, 15) is 9.18 Å². The Morgan fingerprint density at radius 2 is 1.72 bits per heavy atom. The molecule has 0 spiro atoms. The van der Waals surface area contributed by atoms with E-state index in [1.807, 2.05) is 44.4 Å². The van der Waals surface area contributed by atoms with Gasteiger partial charge in [0, 0.05) is 18.9 Å². The maximum atomic E-state index is 13.4. The quantitative estimate of drug-likeness (QED) is 0.632. The van der Waals surface area contributed by atoms with Crippen molar-refractivity contribution in [3.8, 4) is 0 Å². The second-order valence-corrected chi connectivity index (χ2v) is 7.30. The Kier molecular flexibility index (Phi) is 7.09. The standard InChI is InChI=1S/C24H26FN3O/c1-28(2)23(20-8-4-3-5-9-20)17-27-24(29)22(15-18-7-6-14-26-16-18)19-10-12-21(25)13-11-19/h3-14,16,22-23H,15,17H2,1-2H3,(H,27,29). The number of likely N-dealkylation sites (N-methyl/N-ethyl adjacent to an activating group) is 1. The van der Waals surface area contributed by atoms with Crippen LogP contribution in [0.1, 0.15) is 28.7 Å². The Morgan fingerprint density at radius 1 is 1.00 bits per heavy atom. The second kappa shape index (κ2) is 9.94. The Hall–Kier alpha value is -3.05. The largest absolute Gasteiger partial charge is 0.354 e. The first-order chi connectivity index (χ1) is 14.0. The van der Waals surface area contributed by atoms with E-state index in [4.69, 9.17) is 0 Å². The van der Waals surface area contributed by atoms with Gasteiger partial charge in [-0.15, -0.1) is 0 Å². The van der Waals surface area contributed by atoms with Crippen molar-refractivity contribution in [3.05, 3.63) is 102 Å². The molecule has 2 unspecified atom stereocenters. The Bertz CT molecular complexity index is 898. The van der Waals surface area contributed by atoms with Gasteiger partial charge in [0.15, 0.2) is 0 Å². The molecule has 2 aromatic carbocycles. The SMILES string of the molecule is CN(C)C(CNC(=O)C(Cc1cccnc1)c1ccc(F)cc1)c1ccccc1. The van der Waals surface area contributed by atoms with Crippen LogP contribution in [0, 0.1) is 5.82 Å². The number of nitrogens with zero attached hydrogens (tertiary/aromatic N) is 2. The third-order valence-corrected chi connectivity index (χ3v) is 5.03. The number of amides is 1. The van der Waals surface area contributed by atoms with Crippen LogP contribution in [0.2, 0.25) is 0 Å². The summed E-state index contributed by atoms with van der Waals surface area (Å²) < 4.78 is 13.4. The molecule has 4 nitrogen and oxygen atoms in total. The van der Waals surface area contributed by atoms with E-state index in [1.165, 1.54) is 12.1 Å². The lowest BCUT2D eigenvalue weighted by Gasteiger charge is -2.26. The summed E-state index contributed by atoms with van der Waals surface area (Å²) in [4.78, 5) is 19.4. The minimum atomic E-state index is -0.418. The van der Waals surface area contributed by atoms with E-state index in [0.717, 1.165) is 16.7 Å². The molecule has 150 valence electrons. The zero-order chi connectivity index (χ0) is 20.6. The summed E-state index contributed by atoms with van der Waals surface area (Å²) in [5, 5.41) is 3.10. The molecule has 0 radical (unpaired) electrons. The number of hydrogen-bond acceptors (Lipinski definition) is 3. The van der Waals surface area contributed by atoms with Gasteiger partial charge in [-0.3, -0.25) is 9.78 Å². The highest BCUT2D eigenvalue weighted by Crippen LogP contribution is 2.23. The van der Waals surface area contributed by atoms with Gasteiger partial charge in [0.05, 0.1) is 12.0 Å². The summed E-state index contributed by atoms with van der Waals surface area (Å²) in [5.74, 6) is -0.812. The Morgan fingerprint density at radius 3 is 2.34 bits per heavy atom. The van der Waals surface area contributed by atoms with Crippen LogP contribution in [0.25, 0.3) is 0 Å². The maximum Gasteiger partial charge on any atom is 0.227 e. The molecule has 0 aliphatic heterocycles. The molecule has 0 bridgehead atoms. The summed E-state index contributed by atoms with van der Waals surface area (Å²) in [7, 11) is 3.99. The molecule has 29 heavy (non-hydrogen) atoms. The van der Waals surface area contributed by atoms with Gasteiger partial charge in [0.25, 0.3) is 0 Å². The fourth-order valence-corrected chi connectivity index (χ4v) is 3.41. The van der Waals surface area contributed by atoms with E-state index < -0.39 is 5.92 Å². The smallest absolute Gasteiger partial charge is 0.227 e. The Balaban J connectivity index is 1.77. The van der Waals surface area contributed by atoms with Crippen LogP contribution in [0.3, 0.4) is 0 Å². The third kappa shape index (κ3) is 5.72. The lowest BCUT2D eigenvalue weighted by Crippen LogP contribution is -2.37. The number of rotatable bonds is 8. The van der Waals surface area contributed by atoms with Crippen molar-refractivity contribution in [1.29, 1.82) is 0 Å². The van der Waals surface area contributed by atoms with Gasteiger partial charge in [-0.05, 0) is 55.4 Å². The van der Waals surface area contributed by atoms with Crippen molar-refractivity contribution in [3.63, 3.8) is 0 Å². The summed E-state index contributed by atoms with van der Waals surface area (Å²) in [5.41, 5.74) is 2.89. The van der Waals surface area contributed by atoms with E-state index in [0.29, 0.717) is 13.0 Å². The van der Waals surface area contributed by atoms with Gasteiger partial charge >= 0.3 is 0 Å². The van der Waals surface area contributed by atoms with Crippen molar-refractivity contribution >= 4 is 5.91 Å². The lowest BCUT2D eigenvalue weighted by molar-refractivity contribution is -0.122. The van der Waals surface area contributed by atoms with Crippen molar-refractivity contribution in [2.24, 2.45) is 0 Å². The zero-order valence-electron chi connectivity index (χ0n) is 16.8. The van der Waals surface area contributed by atoms with Crippen LogP contribution >= 0.6 is 0 Å². The number of nitrogens with one attached hydrogen (secondary N) is 1. The number of pyridine rings is 1. The number of carbonyl (C=O) groups is 1. The van der Waals surface area contributed by atoms with E-state index in [1.54, 1.807) is 24.5 Å². The zero-order valence-corrected chi connectivity index (χ0v) is 16.8. The van der Waals surface area contributed by atoms with Gasteiger partial charge in [-0.1, -0.05) is 48.5 Å². The number of hydrogen-bond donors (Lipinski definition) is 1. The maximum absolute atomic E-state index is 13.4. The normalized spacial score (nSPS) is 13.1. The van der Waals surface area contributed by atoms with E-state index >= 15 is 0 Å². The number of carbonyl (C=O) groups excluding carboxylic acids is 1. The molecule has 1 heterocycles. The molecule has 0 saturated carbocycles. The Labute approximate surface area is 171 Å². The third-order valence-electron chi connectivity index (χ3n) is 5.03. The van der Waals surface area contributed by atoms with Crippen LogP contribution in [0.4, 0.5) is 4.39 Å². The van der Waals surface area contributed by atoms with E-state index in [2.05, 4.69) is 27.3 Å². The highest BCUT2D eigenvalue weighted by molar-refractivity contribution is 5.84. The fraction of sp³-hybridized carbons (Fsp3) is 0.250. The highest BCUT2D eigenvalue weighted by Gasteiger charge is 2.23. The van der Waals surface area contributed by atoms with Crippen LogP contribution in [-0.2, 0) is 11.2 Å². The second-order valence-electron chi connectivity index (χ2n) is 7.30. The molecular formula is C24H26FN3O. The minimum Gasteiger partial charge on any atom is -0.354 e. The number of halogens is 1. The lowest BCUT2D eigenvalue weighted by atomic mass is 9.91. The molecule has 5 heteroatoms. The molecule has 3 aromatic rings. The summed E-state index contributed by atoms with van der Waals surface area (Å²) in [6.45, 7) is 0.487. The van der Waals surface area contributed by atoms with Gasteiger partial charge in [-0.25, -0.2) is 4.39 Å². The predicted octanol–water partition coefficient (Wildman–Crippen LogP) is 3.97. The first-order valence-electron chi connectivity index (χ1n) is 9.68. The highest BCUT2D eigenvalue weighted by atomic mass is 19.1. The van der Waals surface area contributed by atoms with Crippen LogP contribution < -0.4 is 5.32 Å². The molecule has 0 aliphatic rings. The molecular weight excluding hydrogens is 365 g/mol. The summed E-state index contributed by atoms with van der Waals surface area (Å²) in [6, 6.07) is 20.1. The van der Waals surface area contributed by atoms with Gasteiger partial charge in [0.2, 0.25) is 5.91 Å². The van der Waals surface area contributed by atoms with Crippen molar-refractivity contribution in [1.82, 2.24) is 15.2 Å². The molecule has 1 N–H and O–H groups in total. The van der Waals surface area contributed by atoms with Crippen LogP contribution in [0.15, 0.2) is 79.1 Å². The van der Waals surface area contributed by atoms with Gasteiger partial charge in [0.1, 0.15) is 5.82 Å². The fourth-order valence-electron chi connectivity index (χ4n) is 3.41. The van der Waals surface area contributed by atoms with Crippen molar-refractivity contribution in [2.75, 3.05) is 20.6 Å². The molecule has 1 aromatic heterocycles. The molecule has 2 atom stereocenters. The average molecular weight is 391 g/mol. The van der Waals surface area contributed by atoms with Crippen LogP contribution in [-0.4, -0.2) is 36.4 Å². The van der Waals surface area contributed by atoms with Gasteiger partial charge in [-0.2, -0.15) is 0 Å².